The van der Waals surface area contributed by atoms with Crippen molar-refractivity contribution < 1.29 is 103 Å². The summed E-state index contributed by atoms with van der Waals surface area (Å²) in [6.07, 6.45) is 0. The molecule has 0 saturated carbocycles. The van der Waals surface area contributed by atoms with Crippen LogP contribution >= 0.6 is 7.91 Å². The molecule has 0 rings (SSSR count). The average molecular weight is 148 g/mol. The Hall–Kier alpha value is 2.86. The molecular formula is Na3O3P+2. The Morgan fingerprint density at radius 3 is 1.00 bits per heavy atom. The fourth-order valence-corrected chi connectivity index (χ4v) is 0. The van der Waals surface area contributed by atoms with Gasteiger partial charge in [0.1, 0.15) is 0 Å². The van der Waals surface area contributed by atoms with E-state index < -0.39 is 7.91 Å². The van der Waals surface area contributed by atoms with Gasteiger partial charge in [-0.15, -0.1) is 0 Å². The van der Waals surface area contributed by atoms with Crippen LogP contribution in [0.2, 0.25) is 0 Å². The molecule has 0 aliphatic carbocycles. The van der Waals surface area contributed by atoms with Crippen LogP contribution in [0.4, 0.5) is 0 Å². The summed E-state index contributed by atoms with van der Waals surface area (Å²) >= 11 is 0. The monoisotopic (exact) mass is 148 g/mol. The first-order chi connectivity index (χ1) is 1.73. The minimum Gasteiger partial charge on any atom is -0.744 e. The molecule has 0 aromatic rings. The van der Waals surface area contributed by atoms with E-state index in [1.165, 1.54) is 0 Å². The van der Waals surface area contributed by atoms with Crippen LogP contribution in [0.15, 0.2) is 0 Å². The van der Waals surface area contributed by atoms with E-state index in [9.17, 15) is 0 Å². The Morgan fingerprint density at radius 2 is 1.00 bits per heavy atom. The summed E-state index contributed by atoms with van der Waals surface area (Å²) in [4.78, 5) is 8.48. The molecule has 0 aliphatic rings. The van der Waals surface area contributed by atoms with Crippen LogP contribution in [0.5, 0.6) is 0 Å². The molecule has 0 N–H and O–H groups in total. The second kappa shape index (κ2) is 15.9. The maximum atomic E-state index is 8.48. The van der Waals surface area contributed by atoms with E-state index in [0.29, 0.717) is 0 Å². The van der Waals surface area contributed by atoms with Gasteiger partial charge in [-0.25, -0.2) is 0 Å². The van der Waals surface area contributed by atoms with Crippen molar-refractivity contribution in [3.05, 3.63) is 0 Å². The van der Waals surface area contributed by atoms with Gasteiger partial charge in [0.25, 0.3) is 0 Å². The van der Waals surface area contributed by atoms with Crippen LogP contribution in [0.3, 0.4) is 0 Å². The van der Waals surface area contributed by atoms with Crippen molar-refractivity contribution in [1.82, 2.24) is 0 Å². The van der Waals surface area contributed by atoms with Gasteiger partial charge >= 0.3 is 88.7 Å². The molecule has 0 aromatic carbocycles. The fourth-order valence-electron chi connectivity index (χ4n) is 0. The topological polar surface area (TPSA) is 57.2 Å². The first-order valence-corrected chi connectivity index (χ1v) is 1.64. The van der Waals surface area contributed by atoms with Crippen molar-refractivity contribution in [2.45, 2.75) is 0 Å². The second-order valence-corrected chi connectivity index (χ2v) is 0.671. The summed E-state index contributed by atoms with van der Waals surface area (Å²) in [6, 6.07) is 0. The number of rotatable bonds is 0. The standard InChI is InChI=1S/3Na.HO3P/c;;;1-4(2)3/h;;;(H,1,2,3)/q3*+1;/p-1. The van der Waals surface area contributed by atoms with Gasteiger partial charge in [0.15, 0.2) is 0 Å². The van der Waals surface area contributed by atoms with Gasteiger partial charge in [-0.2, -0.15) is 0 Å². The molecule has 0 spiro atoms. The fraction of sp³-hybridized carbons (Fsp3) is 0. The van der Waals surface area contributed by atoms with Crippen molar-refractivity contribution in [2.75, 3.05) is 0 Å². The van der Waals surface area contributed by atoms with E-state index >= 15 is 0 Å². The maximum Gasteiger partial charge on any atom is 1.00 e. The largest absolute Gasteiger partial charge is 1.00 e. The van der Waals surface area contributed by atoms with E-state index in [0.717, 1.165) is 0 Å². The summed E-state index contributed by atoms with van der Waals surface area (Å²) in [5.41, 5.74) is 0. The van der Waals surface area contributed by atoms with Gasteiger partial charge in [0.05, 0.1) is 0 Å². The molecule has 0 aromatic heterocycles. The average Bonchev–Trinajstić information content (AvgIpc) is 0.811. The van der Waals surface area contributed by atoms with Gasteiger partial charge < -0.3 is 4.89 Å². The SMILES string of the molecule is O=P(=O)[O-].[Na+].[Na+].[Na+]. The first kappa shape index (κ1) is 22.5. The minimum absolute atomic E-state index is 0. The Balaban J connectivity index is -0.0000000150. The second-order valence-electron chi connectivity index (χ2n) is 0.224. The Morgan fingerprint density at radius 1 is 1.00 bits per heavy atom. The van der Waals surface area contributed by atoms with E-state index in [1.807, 2.05) is 0 Å². The summed E-state index contributed by atoms with van der Waals surface area (Å²) in [7, 11) is -3.37. The predicted octanol–water partition coefficient (Wildman–Crippen LogP) is -9.55. The van der Waals surface area contributed by atoms with Crippen molar-refractivity contribution in [1.29, 1.82) is 0 Å². The third-order valence-corrected chi connectivity index (χ3v) is 0. The van der Waals surface area contributed by atoms with Crippen LogP contribution in [-0.2, 0) is 9.13 Å². The maximum absolute atomic E-state index is 8.48. The van der Waals surface area contributed by atoms with Gasteiger partial charge in [0.2, 0.25) is 7.91 Å². The van der Waals surface area contributed by atoms with Crippen LogP contribution < -0.4 is 93.6 Å². The molecule has 3 nitrogen and oxygen atoms in total. The quantitative estimate of drug-likeness (QED) is 0.253. The summed E-state index contributed by atoms with van der Waals surface area (Å²) < 4.78 is 17.0. The molecule has 0 fully saturated rings. The zero-order valence-corrected chi connectivity index (χ0v) is 11.6. The van der Waals surface area contributed by atoms with E-state index in [2.05, 4.69) is 0 Å². The molecule has 0 bridgehead atoms. The van der Waals surface area contributed by atoms with Crippen LogP contribution in [-0.4, -0.2) is 0 Å². The molecule has 0 atom stereocenters. The van der Waals surface area contributed by atoms with Crippen LogP contribution in [0.1, 0.15) is 0 Å². The third-order valence-electron chi connectivity index (χ3n) is 0. The van der Waals surface area contributed by atoms with E-state index in [4.69, 9.17) is 14.0 Å². The molecule has 7 heavy (non-hydrogen) atoms. The van der Waals surface area contributed by atoms with Crippen molar-refractivity contribution >= 4 is 7.91 Å². The molecule has 0 amide bonds. The molecule has 24 valence electrons. The molecule has 0 saturated heterocycles. The zero-order chi connectivity index (χ0) is 3.58. The van der Waals surface area contributed by atoms with Crippen LogP contribution in [0, 0.1) is 0 Å². The third kappa shape index (κ3) is 51.0. The number of hydrogen-bond donors (Lipinski definition) is 0. The van der Waals surface area contributed by atoms with Gasteiger partial charge in [-0.05, 0) is 0 Å². The molecule has 0 radical (unpaired) electrons. The minimum atomic E-state index is -3.37. The molecule has 0 aliphatic heterocycles. The zero-order valence-electron chi connectivity index (χ0n) is 4.67. The summed E-state index contributed by atoms with van der Waals surface area (Å²) in [5.74, 6) is 0. The van der Waals surface area contributed by atoms with Crippen molar-refractivity contribution in [3.8, 4) is 0 Å². The smallest absolute Gasteiger partial charge is 0.744 e. The Labute approximate surface area is 108 Å². The van der Waals surface area contributed by atoms with E-state index in [1.54, 1.807) is 0 Å². The molecule has 0 unspecified atom stereocenters. The van der Waals surface area contributed by atoms with Crippen LogP contribution in [0.25, 0.3) is 0 Å². The predicted molar refractivity (Wildman–Crippen MR) is 8.29 cm³/mol. The van der Waals surface area contributed by atoms with E-state index in [-0.39, 0.29) is 88.7 Å². The van der Waals surface area contributed by atoms with Gasteiger partial charge in [0, 0.05) is 0 Å². The summed E-state index contributed by atoms with van der Waals surface area (Å²) in [6.45, 7) is 0. The molecule has 0 heterocycles. The molecular weight excluding hydrogens is 148 g/mol. The first-order valence-electron chi connectivity index (χ1n) is 0.548. The van der Waals surface area contributed by atoms with Gasteiger partial charge in [-0.3, -0.25) is 9.13 Å². The number of hydrogen-bond acceptors (Lipinski definition) is 3. The van der Waals surface area contributed by atoms with Gasteiger partial charge in [-0.1, -0.05) is 0 Å². The normalized spacial score (nSPS) is 3.57. The van der Waals surface area contributed by atoms with Crippen molar-refractivity contribution in [3.63, 3.8) is 0 Å². The molecule has 7 heteroatoms. The summed E-state index contributed by atoms with van der Waals surface area (Å²) in [5, 5.41) is 0. The Bertz CT molecular complexity index is 58.6. The Kier molecular flexibility index (Phi) is 51.3. The van der Waals surface area contributed by atoms with Crippen molar-refractivity contribution in [2.24, 2.45) is 0 Å².